The second-order valence-corrected chi connectivity index (χ2v) is 4.24. The Morgan fingerprint density at radius 1 is 1.05 bits per heavy atom. The molecule has 0 aromatic heterocycles. The van der Waals surface area contributed by atoms with Gasteiger partial charge in [0.2, 0.25) is 0 Å². The molecule has 0 saturated carbocycles. The number of carbonyl (C=O) groups excluding carboxylic acids is 1. The van der Waals surface area contributed by atoms with Crippen LogP contribution in [0.3, 0.4) is 0 Å². The minimum Gasteiger partial charge on any atom is -0.497 e. The standard InChI is InChI=1S/C16H17NO2/c1-19-15-9-7-13(8-10-15)11-17-12-16(18)14-5-3-2-4-6-14/h2-10,17H,11-12H2,1H3. The zero-order valence-corrected chi connectivity index (χ0v) is 10.9. The fraction of sp³-hybridized carbons (Fsp3) is 0.188. The number of rotatable bonds is 6. The van der Waals surface area contributed by atoms with Gasteiger partial charge >= 0.3 is 0 Å². The van der Waals surface area contributed by atoms with Crippen LogP contribution in [0.2, 0.25) is 0 Å². The van der Waals surface area contributed by atoms with Crippen LogP contribution in [-0.4, -0.2) is 19.4 Å². The van der Waals surface area contributed by atoms with Crippen molar-refractivity contribution in [3.05, 3.63) is 65.7 Å². The number of hydrogen-bond acceptors (Lipinski definition) is 3. The highest BCUT2D eigenvalue weighted by atomic mass is 16.5. The van der Waals surface area contributed by atoms with Crippen LogP contribution in [0.4, 0.5) is 0 Å². The molecule has 2 aromatic rings. The molecular weight excluding hydrogens is 238 g/mol. The number of methoxy groups -OCH3 is 1. The van der Waals surface area contributed by atoms with Crippen LogP contribution >= 0.6 is 0 Å². The Balaban J connectivity index is 1.81. The number of ketones is 1. The molecule has 0 amide bonds. The van der Waals surface area contributed by atoms with Gasteiger partial charge in [-0.2, -0.15) is 0 Å². The van der Waals surface area contributed by atoms with E-state index in [0.29, 0.717) is 13.1 Å². The second kappa shape index (κ2) is 6.71. The average Bonchev–Trinajstić information content (AvgIpc) is 2.49. The van der Waals surface area contributed by atoms with Crippen LogP contribution in [0, 0.1) is 0 Å². The third kappa shape index (κ3) is 3.93. The molecule has 2 rings (SSSR count). The summed E-state index contributed by atoms with van der Waals surface area (Å²) in [4.78, 5) is 11.9. The van der Waals surface area contributed by atoms with Crippen LogP contribution in [0.1, 0.15) is 15.9 Å². The molecule has 0 aliphatic rings. The second-order valence-electron chi connectivity index (χ2n) is 4.24. The largest absolute Gasteiger partial charge is 0.497 e. The maximum absolute atomic E-state index is 11.9. The molecule has 0 radical (unpaired) electrons. The van der Waals surface area contributed by atoms with E-state index in [0.717, 1.165) is 16.9 Å². The van der Waals surface area contributed by atoms with Gasteiger partial charge in [0.25, 0.3) is 0 Å². The number of benzene rings is 2. The molecule has 0 aliphatic carbocycles. The molecule has 0 unspecified atom stereocenters. The summed E-state index contributed by atoms with van der Waals surface area (Å²) in [6.45, 7) is 1.01. The summed E-state index contributed by atoms with van der Waals surface area (Å²) in [6, 6.07) is 17.1. The quantitative estimate of drug-likeness (QED) is 0.806. The van der Waals surface area contributed by atoms with E-state index in [4.69, 9.17) is 4.74 Å². The molecule has 0 aliphatic heterocycles. The lowest BCUT2D eigenvalue weighted by atomic mass is 10.1. The topological polar surface area (TPSA) is 38.3 Å². The lowest BCUT2D eigenvalue weighted by Gasteiger charge is -2.05. The molecule has 0 spiro atoms. The third-order valence-electron chi connectivity index (χ3n) is 2.87. The van der Waals surface area contributed by atoms with Crippen molar-refractivity contribution in [3.8, 4) is 5.75 Å². The van der Waals surface area contributed by atoms with Gasteiger partial charge in [-0.25, -0.2) is 0 Å². The molecule has 0 heterocycles. The lowest BCUT2D eigenvalue weighted by Crippen LogP contribution is -2.22. The molecule has 1 N–H and O–H groups in total. The van der Waals surface area contributed by atoms with Gasteiger partial charge < -0.3 is 10.1 Å². The van der Waals surface area contributed by atoms with Crippen molar-refractivity contribution in [3.63, 3.8) is 0 Å². The Morgan fingerprint density at radius 3 is 2.37 bits per heavy atom. The first-order valence-electron chi connectivity index (χ1n) is 6.21. The fourth-order valence-electron chi connectivity index (χ4n) is 1.79. The first-order chi connectivity index (χ1) is 9.29. The van der Waals surface area contributed by atoms with Crippen molar-refractivity contribution in [2.45, 2.75) is 6.54 Å². The van der Waals surface area contributed by atoms with E-state index >= 15 is 0 Å². The van der Waals surface area contributed by atoms with Crippen molar-refractivity contribution in [1.29, 1.82) is 0 Å². The molecule has 19 heavy (non-hydrogen) atoms. The number of ether oxygens (including phenoxy) is 1. The molecular formula is C16H17NO2. The number of Topliss-reactive ketones (excluding diaryl/α,β-unsaturated/α-hetero) is 1. The molecule has 0 bridgehead atoms. The highest BCUT2D eigenvalue weighted by Gasteiger charge is 2.03. The van der Waals surface area contributed by atoms with Crippen LogP contribution < -0.4 is 10.1 Å². The van der Waals surface area contributed by atoms with Gasteiger partial charge in [-0.3, -0.25) is 4.79 Å². The molecule has 2 aromatic carbocycles. The molecule has 3 heteroatoms. The van der Waals surface area contributed by atoms with Crippen molar-refractivity contribution in [2.75, 3.05) is 13.7 Å². The van der Waals surface area contributed by atoms with Gasteiger partial charge in [-0.1, -0.05) is 42.5 Å². The van der Waals surface area contributed by atoms with Crippen LogP contribution in [0.25, 0.3) is 0 Å². The normalized spacial score (nSPS) is 10.2. The smallest absolute Gasteiger partial charge is 0.176 e. The van der Waals surface area contributed by atoms with E-state index in [1.54, 1.807) is 7.11 Å². The van der Waals surface area contributed by atoms with Gasteiger partial charge in [0.05, 0.1) is 13.7 Å². The van der Waals surface area contributed by atoms with E-state index in [2.05, 4.69) is 5.32 Å². The van der Waals surface area contributed by atoms with E-state index in [9.17, 15) is 4.79 Å². The minimum absolute atomic E-state index is 0.106. The van der Waals surface area contributed by atoms with Gasteiger partial charge in [0.1, 0.15) is 5.75 Å². The molecule has 98 valence electrons. The molecule has 0 saturated heterocycles. The number of nitrogens with one attached hydrogen (secondary N) is 1. The minimum atomic E-state index is 0.106. The Morgan fingerprint density at radius 2 is 1.74 bits per heavy atom. The first-order valence-corrected chi connectivity index (χ1v) is 6.21. The van der Waals surface area contributed by atoms with Gasteiger partial charge in [-0.05, 0) is 17.7 Å². The van der Waals surface area contributed by atoms with Gasteiger partial charge in [0, 0.05) is 12.1 Å². The first kappa shape index (κ1) is 13.3. The average molecular weight is 255 g/mol. The Bertz CT molecular complexity index is 520. The summed E-state index contributed by atoms with van der Waals surface area (Å²) in [5.74, 6) is 0.943. The van der Waals surface area contributed by atoms with E-state index < -0.39 is 0 Å². The van der Waals surface area contributed by atoms with Crippen molar-refractivity contribution < 1.29 is 9.53 Å². The number of hydrogen-bond donors (Lipinski definition) is 1. The Hall–Kier alpha value is -2.13. The van der Waals surface area contributed by atoms with Crippen LogP contribution in [0.5, 0.6) is 5.75 Å². The Kier molecular flexibility index (Phi) is 4.70. The predicted octanol–water partition coefficient (Wildman–Crippen LogP) is 2.67. The van der Waals surface area contributed by atoms with E-state index in [1.807, 2.05) is 54.6 Å². The monoisotopic (exact) mass is 255 g/mol. The van der Waals surface area contributed by atoms with Crippen molar-refractivity contribution in [1.82, 2.24) is 5.32 Å². The van der Waals surface area contributed by atoms with Crippen LogP contribution in [-0.2, 0) is 6.54 Å². The van der Waals surface area contributed by atoms with Crippen molar-refractivity contribution in [2.24, 2.45) is 0 Å². The fourth-order valence-corrected chi connectivity index (χ4v) is 1.79. The predicted molar refractivity (Wildman–Crippen MR) is 75.5 cm³/mol. The van der Waals surface area contributed by atoms with Crippen molar-refractivity contribution >= 4 is 5.78 Å². The highest BCUT2D eigenvalue weighted by molar-refractivity contribution is 5.97. The summed E-state index contributed by atoms with van der Waals surface area (Å²) in [7, 11) is 1.64. The molecule has 0 fully saturated rings. The van der Waals surface area contributed by atoms with E-state index in [-0.39, 0.29) is 5.78 Å². The third-order valence-corrected chi connectivity index (χ3v) is 2.87. The summed E-state index contributed by atoms with van der Waals surface area (Å²) in [6.07, 6.45) is 0. The summed E-state index contributed by atoms with van der Waals surface area (Å²) in [5.41, 5.74) is 1.87. The van der Waals surface area contributed by atoms with Gasteiger partial charge in [0.15, 0.2) is 5.78 Å². The SMILES string of the molecule is COc1ccc(CNCC(=O)c2ccccc2)cc1. The molecule has 0 atom stereocenters. The number of carbonyl (C=O) groups is 1. The summed E-state index contributed by atoms with van der Waals surface area (Å²) in [5, 5.41) is 3.15. The maximum Gasteiger partial charge on any atom is 0.176 e. The Labute approximate surface area is 113 Å². The molecule has 3 nitrogen and oxygen atoms in total. The highest BCUT2D eigenvalue weighted by Crippen LogP contribution is 2.10. The van der Waals surface area contributed by atoms with E-state index in [1.165, 1.54) is 0 Å². The van der Waals surface area contributed by atoms with Crippen LogP contribution in [0.15, 0.2) is 54.6 Å². The summed E-state index contributed by atoms with van der Waals surface area (Å²) < 4.78 is 5.10. The maximum atomic E-state index is 11.9. The lowest BCUT2D eigenvalue weighted by molar-refractivity contribution is 0.0991. The van der Waals surface area contributed by atoms with Gasteiger partial charge in [-0.15, -0.1) is 0 Å². The zero-order chi connectivity index (χ0) is 13.5. The zero-order valence-electron chi connectivity index (χ0n) is 10.9. The summed E-state index contributed by atoms with van der Waals surface area (Å²) >= 11 is 0.